The number of benzene rings is 2. The number of unbranched alkanes of at least 4 members (excludes halogenated alkanes) is 2. The normalized spacial score (nSPS) is 15.0. The van der Waals surface area contributed by atoms with Crippen molar-refractivity contribution in [3.8, 4) is 22.7 Å². The highest BCUT2D eigenvalue weighted by molar-refractivity contribution is 8.26. The van der Waals surface area contributed by atoms with Crippen LogP contribution in [0.3, 0.4) is 0 Å². The highest BCUT2D eigenvalue weighted by Crippen LogP contribution is 2.35. The van der Waals surface area contributed by atoms with E-state index in [1.807, 2.05) is 66.3 Å². The Morgan fingerprint density at radius 2 is 1.94 bits per heavy atom. The lowest BCUT2D eigenvalue weighted by atomic mass is 10.0. The van der Waals surface area contributed by atoms with Gasteiger partial charge in [0.2, 0.25) is 0 Å². The molecule has 0 bridgehead atoms. The summed E-state index contributed by atoms with van der Waals surface area (Å²) in [5, 5.41) is 4.88. The van der Waals surface area contributed by atoms with Crippen LogP contribution < -0.4 is 4.74 Å². The van der Waals surface area contributed by atoms with Gasteiger partial charge < -0.3 is 4.74 Å². The van der Waals surface area contributed by atoms with Crippen LogP contribution in [0.15, 0.2) is 59.6 Å². The Labute approximate surface area is 204 Å². The first kappa shape index (κ1) is 23.3. The molecule has 4 rings (SSSR count). The highest BCUT2D eigenvalue weighted by Gasteiger charge is 2.32. The molecule has 33 heavy (non-hydrogen) atoms. The number of carbonyl (C=O) groups is 1. The molecular weight excluding hydrogens is 450 g/mol. The lowest BCUT2D eigenvalue weighted by molar-refractivity contribution is -0.122. The number of ether oxygens (including phenoxy) is 1. The van der Waals surface area contributed by atoms with E-state index in [0.29, 0.717) is 15.8 Å². The van der Waals surface area contributed by atoms with Crippen molar-refractivity contribution in [2.45, 2.75) is 33.1 Å². The second-order valence-corrected chi connectivity index (χ2v) is 9.61. The van der Waals surface area contributed by atoms with E-state index in [9.17, 15) is 4.79 Å². The Kier molecular flexibility index (Phi) is 7.30. The van der Waals surface area contributed by atoms with E-state index in [4.69, 9.17) is 22.1 Å². The van der Waals surface area contributed by atoms with Crippen molar-refractivity contribution < 1.29 is 9.53 Å². The largest absolute Gasteiger partial charge is 0.496 e. The summed E-state index contributed by atoms with van der Waals surface area (Å²) < 4.78 is 7.90. The Bertz CT molecular complexity index is 1200. The van der Waals surface area contributed by atoms with Crippen LogP contribution in [0.2, 0.25) is 0 Å². The minimum absolute atomic E-state index is 0.0228. The molecule has 170 valence electrons. The van der Waals surface area contributed by atoms with E-state index < -0.39 is 0 Å². The Hall–Kier alpha value is -2.90. The molecule has 1 aromatic heterocycles. The van der Waals surface area contributed by atoms with Crippen LogP contribution in [-0.2, 0) is 4.79 Å². The van der Waals surface area contributed by atoms with Gasteiger partial charge in [-0.3, -0.25) is 9.69 Å². The quantitative estimate of drug-likeness (QED) is 0.218. The summed E-state index contributed by atoms with van der Waals surface area (Å²) in [4.78, 5) is 15.4. The molecule has 1 fully saturated rings. The number of hydrogen-bond donors (Lipinski definition) is 0. The van der Waals surface area contributed by atoms with Gasteiger partial charge in [-0.2, -0.15) is 5.10 Å². The van der Waals surface area contributed by atoms with Crippen LogP contribution in [-0.4, -0.2) is 38.6 Å². The molecule has 0 spiro atoms. The first-order valence-corrected chi connectivity index (χ1v) is 12.3. The Morgan fingerprint density at radius 1 is 1.15 bits per heavy atom. The number of nitrogens with zero attached hydrogens (tertiary/aromatic N) is 3. The fourth-order valence-corrected chi connectivity index (χ4v) is 5.11. The molecule has 1 aliphatic rings. The van der Waals surface area contributed by atoms with Gasteiger partial charge in [-0.05, 0) is 55.3 Å². The maximum atomic E-state index is 13.1. The van der Waals surface area contributed by atoms with E-state index in [1.54, 1.807) is 12.0 Å². The zero-order chi connectivity index (χ0) is 23.4. The number of amides is 1. The Morgan fingerprint density at radius 3 is 2.64 bits per heavy atom. The maximum Gasteiger partial charge on any atom is 0.266 e. The van der Waals surface area contributed by atoms with Crippen molar-refractivity contribution in [3.63, 3.8) is 0 Å². The van der Waals surface area contributed by atoms with Crippen molar-refractivity contribution in [2.75, 3.05) is 13.7 Å². The van der Waals surface area contributed by atoms with Crippen molar-refractivity contribution in [1.82, 2.24) is 14.7 Å². The van der Waals surface area contributed by atoms with Crippen molar-refractivity contribution in [1.29, 1.82) is 0 Å². The summed E-state index contributed by atoms with van der Waals surface area (Å²) in [6.45, 7) is 4.83. The number of para-hydroxylation sites is 1. The van der Waals surface area contributed by atoms with Gasteiger partial charge in [-0.1, -0.05) is 61.9 Å². The van der Waals surface area contributed by atoms with Crippen LogP contribution in [0.25, 0.3) is 23.0 Å². The summed E-state index contributed by atoms with van der Waals surface area (Å²) in [5.74, 6) is 0.807. The molecule has 1 amide bonds. The molecule has 0 aliphatic carbocycles. The number of carbonyl (C=O) groups excluding carboxylic acids is 1. The van der Waals surface area contributed by atoms with Crippen LogP contribution >= 0.6 is 24.0 Å². The summed E-state index contributed by atoms with van der Waals surface area (Å²) in [5.41, 5.74) is 4.62. The number of aromatic nitrogens is 2. The molecule has 0 saturated carbocycles. The number of thioether (sulfide) groups is 1. The molecule has 0 unspecified atom stereocenters. The molecule has 2 heterocycles. The average molecular weight is 478 g/mol. The minimum atomic E-state index is -0.0228. The van der Waals surface area contributed by atoms with Gasteiger partial charge in [-0.25, -0.2) is 4.68 Å². The molecule has 0 N–H and O–H groups in total. The smallest absolute Gasteiger partial charge is 0.266 e. The Balaban J connectivity index is 1.74. The van der Waals surface area contributed by atoms with Crippen molar-refractivity contribution >= 4 is 40.3 Å². The number of methoxy groups -OCH3 is 1. The molecule has 1 saturated heterocycles. The molecule has 0 atom stereocenters. The highest BCUT2D eigenvalue weighted by atomic mass is 32.2. The second-order valence-electron chi connectivity index (χ2n) is 7.94. The number of thiocarbonyl (C=S) groups is 1. The van der Waals surface area contributed by atoms with Gasteiger partial charge >= 0.3 is 0 Å². The predicted molar refractivity (Wildman–Crippen MR) is 140 cm³/mol. The van der Waals surface area contributed by atoms with Crippen LogP contribution in [0.4, 0.5) is 0 Å². The number of aryl methyl sites for hydroxylation is 1. The topological polar surface area (TPSA) is 47.4 Å². The van der Waals surface area contributed by atoms with E-state index >= 15 is 0 Å². The van der Waals surface area contributed by atoms with E-state index in [0.717, 1.165) is 53.1 Å². The fourth-order valence-electron chi connectivity index (χ4n) is 3.81. The van der Waals surface area contributed by atoms with Crippen LogP contribution in [0.5, 0.6) is 5.75 Å². The zero-order valence-electron chi connectivity index (χ0n) is 19.1. The van der Waals surface area contributed by atoms with Crippen LogP contribution in [0, 0.1) is 6.92 Å². The number of rotatable bonds is 8. The average Bonchev–Trinajstić information content (AvgIpc) is 3.36. The molecule has 1 aliphatic heterocycles. The van der Waals surface area contributed by atoms with Crippen molar-refractivity contribution in [2.24, 2.45) is 0 Å². The lowest BCUT2D eigenvalue weighted by Crippen LogP contribution is -2.28. The van der Waals surface area contributed by atoms with Gasteiger partial charge in [-0.15, -0.1) is 0 Å². The molecule has 5 nitrogen and oxygen atoms in total. The maximum absolute atomic E-state index is 13.1. The minimum Gasteiger partial charge on any atom is -0.496 e. The first-order valence-electron chi connectivity index (χ1n) is 11.1. The molecule has 0 radical (unpaired) electrons. The lowest BCUT2D eigenvalue weighted by Gasteiger charge is -2.13. The zero-order valence-corrected chi connectivity index (χ0v) is 20.7. The van der Waals surface area contributed by atoms with E-state index in [-0.39, 0.29) is 5.91 Å². The fraction of sp³-hybridized carbons (Fsp3) is 0.269. The van der Waals surface area contributed by atoms with Gasteiger partial charge in [0.15, 0.2) is 0 Å². The summed E-state index contributed by atoms with van der Waals surface area (Å²) in [6.07, 6.45) is 7.03. The third kappa shape index (κ3) is 5.04. The predicted octanol–water partition coefficient (Wildman–Crippen LogP) is 6.25. The van der Waals surface area contributed by atoms with Gasteiger partial charge in [0.05, 0.1) is 17.7 Å². The molecule has 2 aromatic carbocycles. The van der Waals surface area contributed by atoms with Crippen molar-refractivity contribution in [3.05, 3.63) is 70.8 Å². The summed E-state index contributed by atoms with van der Waals surface area (Å²) in [7, 11) is 1.67. The van der Waals surface area contributed by atoms with E-state index in [2.05, 4.69) is 13.0 Å². The number of hydrogen-bond acceptors (Lipinski definition) is 5. The second kappa shape index (κ2) is 10.4. The third-order valence-electron chi connectivity index (χ3n) is 5.58. The van der Waals surface area contributed by atoms with Gasteiger partial charge in [0, 0.05) is 23.9 Å². The summed E-state index contributed by atoms with van der Waals surface area (Å²) in [6, 6.07) is 16.0. The SMILES string of the molecule is CCCCCN1C(=O)/C(=C/c2cn(-c3ccccc3)nc2-c2ccc(OC)c(C)c2)SC1=S. The molecule has 7 heteroatoms. The molecule has 3 aromatic rings. The first-order chi connectivity index (χ1) is 16.0. The van der Waals surface area contributed by atoms with Gasteiger partial charge in [0.25, 0.3) is 5.91 Å². The third-order valence-corrected chi connectivity index (χ3v) is 6.95. The van der Waals surface area contributed by atoms with Crippen LogP contribution in [0.1, 0.15) is 37.3 Å². The van der Waals surface area contributed by atoms with Gasteiger partial charge in [0.1, 0.15) is 15.8 Å². The molecular formula is C26H27N3O2S2. The van der Waals surface area contributed by atoms with E-state index in [1.165, 1.54) is 11.8 Å². The monoisotopic (exact) mass is 477 g/mol. The summed E-state index contributed by atoms with van der Waals surface area (Å²) >= 11 is 6.87. The standard InChI is InChI=1S/C26H27N3O2S2/c1-4-5-9-14-28-25(30)23(33-26(28)32)16-20-17-29(21-10-7-6-8-11-21)27-24(20)19-12-13-22(31-3)18(2)15-19/h6-8,10-13,15-17H,4-5,9,14H2,1-3H3/b23-16-.